The van der Waals surface area contributed by atoms with E-state index in [1.165, 1.54) is 0 Å². The molecule has 0 saturated heterocycles. The van der Waals surface area contributed by atoms with Crippen molar-refractivity contribution in [3.8, 4) is 6.07 Å². The molecule has 0 atom stereocenters. The van der Waals surface area contributed by atoms with Crippen LogP contribution >= 0.6 is 0 Å². The van der Waals surface area contributed by atoms with Gasteiger partial charge in [0.05, 0.1) is 18.0 Å². The number of rotatable bonds is 2. The molecule has 0 aliphatic heterocycles. The molecule has 1 aromatic carbocycles. The monoisotopic (exact) mass is 211 g/mol. The van der Waals surface area contributed by atoms with E-state index >= 15 is 0 Å². The number of hydrogen-bond donors (Lipinski definition) is 0. The minimum absolute atomic E-state index is 0.394. The van der Waals surface area contributed by atoms with E-state index in [2.05, 4.69) is 11.1 Å². The molecule has 0 saturated carbocycles. The second kappa shape index (κ2) is 4.19. The van der Waals surface area contributed by atoms with Crippen LogP contribution in [0.25, 0.3) is 10.9 Å². The molecule has 2 rings (SSSR count). The van der Waals surface area contributed by atoms with Crippen LogP contribution in [0.4, 0.5) is 5.82 Å². The Morgan fingerprint density at radius 1 is 1.31 bits per heavy atom. The summed E-state index contributed by atoms with van der Waals surface area (Å²) in [6.07, 6.45) is 0.394. The third-order valence-electron chi connectivity index (χ3n) is 2.47. The van der Waals surface area contributed by atoms with Gasteiger partial charge < -0.3 is 4.90 Å². The smallest absolute Gasteiger partial charge is 0.133 e. The summed E-state index contributed by atoms with van der Waals surface area (Å²) in [7, 11) is 3.88. The van der Waals surface area contributed by atoms with E-state index in [9.17, 15) is 0 Å². The van der Waals surface area contributed by atoms with Crippen LogP contribution in [0.3, 0.4) is 0 Å². The lowest BCUT2D eigenvalue weighted by atomic mass is 10.1. The van der Waals surface area contributed by atoms with Crippen LogP contribution in [0.1, 0.15) is 5.56 Å². The summed E-state index contributed by atoms with van der Waals surface area (Å²) in [5, 5.41) is 9.88. The maximum Gasteiger partial charge on any atom is 0.133 e. The van der Waals surface area contributed by atoms with Crippen LogP contribution in [-0.4, -0.2) is 19.1 Å². The molecule has 0 amide bonds. The summed E-state index contributed by atoms with van der Waals surface area (Å²) in [6, 6.07) is 12.2. The quantitative estimate of drug-likeness (QED) is 0.765. The summed E-state index contributed by atoms with van der Waals surface area (Å²) in [5.74, 6) is 0.875. The average Bonchev–Trinajstić information content (AvgIpc) is 2.28. The Labute approximate surface area is 94.9 Å². The summed E-state index contributed by atoms with van der Waals surface area (Å²) in [5.41, 5.74) is 1.94. The molecule has 0 bridgehead atoms. The van der Waals surface area contributed by atoms with E-state index in [0.29, 0.717) is 6.42 Å². The normalized spacial score (nSPS) is 10.1. The summed E-state index contributed by atoms with van der Waals surface area (Å²) < 4.78 is 0. The van der Waals surface area contributed by atoms with Gasteiger partial charge in [0.15, 0.2) is 0 Å². The van der Waals surface area contributed by atoms with E-state index < -0.39 is 0 Å². The van der Waals surface area contributed by atoms with E-state index in [0.717, 1.165) is 22.3 Å². The molecule has 1 aromatic heterocycles. The van der Waals surface area contributed by atoms with Gasteiger partial charge in [-0.1, -0.05) is 18.2 Å². The van der Waals surface area contributed by atoms with Crippen molar-refractivity contribution in [2.75, 3.05) is 19.0 Å². The Bertz CT molecular complexity index is 553. The minimum atomic E-state index is 0.394. The molecular weight excluding hydrogens is 198 g/mol. The number of pyridine rings is 1. The summed E-state index contributed by atoms with van der Waals surface area (Å²) >= 11 is 0. The number of nitriles is 1. The number of benzene rings is 1. The van der Waals surface area contributed by atoms with Crippen molar-refractivity contribution in [1.29, 1.82) is 5.26 Å². The van der Waals surface area contributed by atoms with Crippen molar-refractivity contribution in [2.45, 2.75) is 6.42 Å². The molecule has 1 heterocycles. The second-order valence-corrected chi connectivity index (χ2v) is 3.89. The lowest BCUT2D eigenvalue weighted by molar-refractivity contribution is 1.05. The SMILES string of the molecule is CN(C)c1nc2ccccc2cc1CC#N. The maximum atomic E-state index is 8.80. The molecular formula is C13H13N3. The molecule has 0 N–H and O–H groups in total. The molecule has 0 spiro atoms. The Morgan fingerprint density at radius 3 is 2.75 bits per heavy atom. The highest BCUT2D eigenvalue weighted by atomic mass is 15.1. The van der Waals surface area contributed by atoms with Gasteiger partial charge in [0.1, 0.15) is 5.82 Å². The Balaban J connectivity index is 2.67. The van der Waals surface area contributed by atoms with Crippen molar-refractivity contribution in [3.05, 3.63) is 35.9 Å². The summed E-state index contributed by atoms with van der Waals surface area (Å²) in [6.45, 7) is 0. The van der Waals surface area contributed by atoms with Gasteiger partial charge in [-0.2, -0.15) is 5.26 Å². The number of hydrogen-bond acceptors (Lipinski definition) is 3. The average molecular weight is 211 g/mol. The maximum absolute atomic E-state index is 8.80. The number of para-hydroxylation sites is 1. The predicted octanol–water partition coefficient (Wildman–Crippen LogP) is 2.37. The first-order valence-corrected chi connectivity index (χ1v) is 5.15. The van der Waals surface area contributed by atoms with Gasteiger partial charge >= 0.3 is 0 Å². The van der Waals surface area contributed by atoms with Crippen LogP contribution in [0.5, 0.6) is 0 Å². The zero-order valence-corrected chi connectivity index (χ0v) is 9.44. The van der Waals surface area contributed by atoms with Gasteiger partial charge in [0.25, 0.3) is 0 Å². The highest BCUT2D eigenvalue weighted by Gasteiger charge is 2.07. The molecule has 0 fully saturated rings. The topological polar surface area (TPSA) is 39.9 Å². The predicted molar refractivity (Wildman–Crippen MR) is 65.4 cm³/mol. The molecule has 0 aliphatic rings. The lowest BCUT2D eigenvalue weighted by Gasteiger charge is -2.15. The Morgan fingerprint density at radius 2 is 2.06 bits per heavy atom. The molecule has 0 unspecified atom stereocenters. The number of fused-ring (bicyclic) bond motifs is 1. The largest absolute Gasteiger partial charge is 0.362 e. The Hall–Kier alpha value is -2.08. The molecule has 2 aromatic rings. The van der Waals surface area contributed by atoms with Gasteiger partial charge in [-0.05, 0) is 12.1 Å². The van der Waals surface area contributed by atoms with E-state index in [1.807, 2.05) is 49.3 Å². The molecule has 3 heteroatoms. The standard InChI is InChI=1S/C13H13N3/c1-16(2)13-11(7-8-14)9-10-5-3-4-6-12(10)15-13/h3-6,9H,7H2,1-2H3. The zero-order chi connectivity index (χ0) is 11.5. The third-order valence-corrected chi connectivity index (χ3v) is 2.47. The van der Waals surface area contributed by atoms with E-state index in [4.69, 9.17) is 5.26 Å². The number of aromatic nitrogens is 1. The first-order valence-electron chi connectivity index (χ1n) is 5.15. The lowest BCUT2D eigenvalue weighted by Crippen LogP contribution is -2.13. The fraction of sp³-hybridized carbons (Fsp3) is 0.231. The molecule has 3 nitrogen and oxygen atoms in total. The van der Waals surface area contributed by atoms with Crippen LogP contribution < -0.4 is 4.90 Å². The molecule has 80 valence electrons. The van der Waals surface area contributed by atoms with Crippen LogP contribution in [-0.2, 0) is 6.42 Å². The minimum Gasteiger partial charge on any atom is -0.362 e. The Kier molecular flexibility index (Phi) is 2.74. The van der Waals surface area contributed by atoms with Gasteiger partial charge in [-0.25, -0.2) is 4.98 Å². The fourth-order valence-electron chi connectivity index (χ4n) is 1.75. The molecule has 0 aliphatic carbocycles. The van der Waals surface area contributed by atoms with Crippen LogP contribution in [0.2, 0.25) is 0 Å². The highest BCUT2D eigenvalue weighted by molar-refractivity contribution is 5.81. The first kappa shape index (κ1) is 10.4. The third kappa shape index (κ3) is 1.82. The van der Waals surface area contributed by atoms with Gasteiger partial charge in [0.2, 0.25) is 0 Å². The first-order chi connectivity index (χ1) is 7.72. The van der Waals surface area contributed by atoms with Crippen molar-refractivity contribution >= 4 is 16.7 Å². The van der Waals surface area contributed by atoms with E-state index in [1.54, 1.807) is 0 Å². The number of nitrogens with zero attached hydrogens (tertiary/aromatic N) is 3. The van der Waals surface area contributed by atoms with Gasteiger partial charge in [-0.3, -0.25) is 0 Å². The highest BCUT2D eigenvalue weighted by Crippen LogP contribution is 2.22. The van der Waals surface area contributed by atoms with Gasteiger partial charge in [0, 0.05) is 25.0 Å². The van der Waals surface area contributed by atoms with Crippen LogP contribution in [0, 0.1) is 11.3 Å². The van der Waals surface area contributed by atoms with Gasteiger partial charge in [-0.15, -0.1) is 0 Å². The van der Waals surface area contributed by atoms with Crippen molar-refractivity contribution < 1.29 is 0 Å². The zero-order valence-electron chi connectivity index (χ0n) is 9.44. The fourth-order valence-corrected chi connectivity index (χ4v) is 1.75. The summed E-state index contributed by atoms with van der Waals surface area (Å²) in [4.78, 5) is 6.51. The van der Waals surface area contributed by atoms with Crippen LogP contribution in [0.15, 0.2) is 30.3 Å². The molecule has 0 radical (unpaired) electrons. The number of anilines is 1. The van der Waals surface area contributed by atoms with Crippen molar-refractivity contribution in [1.82, 2.24) is 4.98 Å². The molecule has 16 heavy (non-hydrogen) atoms. The van der Waals surface area contributed by atoms with Crippen molar-refractivity contribution in [3.63, 3.8) is 0 Å². The van der Waals surface area contributed by atoms with Crippen molar-refractivity contribution in [2.24, 2.45) is 0 Å². The van der Waals surface area contributed by atoms with E-state index in [-0.39, 0.29) is 0 Å². The second-order valence-electron chi connectivity index (χ2n) is 3.89.